The summed E-state index contributed by atoms with van der Waals surface area (Å²) in [6.07, 6.45) is -3.96. The molecule has 33 heavy (non-hydrogen) atoms. The Hall–Kier alpha value is -3.28. The number of hydrogen-bond donors (Lipinski definition) is 2. The Labute approximate surface area is 191 Å². The second-order valence-corrected chi connectivity index (χ2v) is 9.27. The van der Waals surface area contributed by atoms with Crippen LogP contribution in [0.4, 0.5) is 18.0 Å². The van der Waals surface area contributed by atoms with Crippen molar-refractivity contribution in [3.63, 3.8) is 0 Å². The summed E-state index contributed by atoms with van der Waals surface area (Å²) in [6, 6.07) is 6.47. The van der Waals surface area contributed by atoms with Crippen LogP contribution in [0.3, 0.4) is 0 Å². The smallest absolute Gasteiger partial charge is 0.435 e. The van der Waals surface area contributed by atoms with Crippen molar-refractivity contribution < 1.29 is 31.9 Å². The predicted molar refractivity (Wildman–Crippen MR) is 115 cm³/mol. The molecule has 0 spiro atoms. The number of halogens is 3. The second-order valence-electron chi connectivity index (χ2n) is 8.13. The lowest BCUT2D eigenvalue weighted by molar-refractivity contribution is -0.141. The van der Waals surface area contributed by atoms with Gasteiger partial charge in [-0.3, -0.25) is 4.79 Å². The molecule has 3 aromatic rings. The molecule has 12 heteroatoms. The zero-order valence-corrected chi connectivity index (χ0v) is 19.1. The van der Waals surface area contributed by atoms with Gasteiger partial charge in [-0.1, -0.05) is 0 Å². The summed E-state index contributed by atoms with van der Waals surface area (Å²) in [6.45, 7) is 6.76. The maximum Gasteiger partial charge on any atom is 0.435 e. The molecule has 0 fully saturated rings. The number of alkyl carbamates (subject to hydrolysis) is 1. The summed E-state index contributed by atoms with van der Waals surface area (Å²) in [5, 5.41) is 9.24. The van der Waals surface area contributed by atoms with E-state index in [0.29, 0.717) is 9.88 Å². The molecule has 0 radical (unpaired) electrons. The first-order valence-electron chi connectivity index (χ1n) is 9.91. The lowest BCUT2D eigenvalue weighted by Gasteiger charge is -2.21. The molecule has 0 unspecified atom stereocenters. The summed E-state index contributed by atoms with van der Waals surface area (Å²) in [7, 11) is 0. The molecule has 0 aromatic carbocycles. The fourth-order valence-electron chi connectivity index (χ4n) is 2.74. The van der Waals surface area contributed by atoms with Crippen molar-refractivity contribution in [1.29, 1.82) is 0 Å². The van der Waals surface area contributed by atoms with Gasteiger partial charge in [-0.25, -0.2) is 9.48 Å². The van der Waals surface area contributed by atoms with Crippen LogP contribution in [0.2, 0.25) is 0 Å². The molecular weight excluding hydrogens is 461 g/mol. The van der Waals surface area contributed by atoms with Crippen LogP contribution in [0, 0.1) is 0 Å². The Morgan fingerprint density at radius 2 is 1.97 bits per heavy atom. The maximum absolute atomic E-state index is 13.2. The molecule has 8 nitrogen and oxygen atoms in total. The minimum atomic E-state index is -4.61. The molecule has 178 valence electrons. The summed E-state index contributed by atoms with van der Waals surface area (Å²) >= 11 is 1.16. The van der Waals surface area contributed by atoms with E-state index in [1.807, 2.05) is 0 Å². The number of carbonyl (C=O) groups excluding carboxylic acids is 2. The van der Waals surface area contributed by atoms with Gasteiger partial charge in [0.2, 0.25) is 5.91 Å². The second kappa shape index (κ2) is 9.30. The number of thiophene rings is 1. The van der Waals surface area contributed by atoms with Crippen molar-refractivity contribution in [2.24, 2.45) is 0 Å². The Morgan fingerprint density at radius 3 is 2.58 bits per heavy atom. The van der Waals surface area contributed by atoms with E-state index >= 15 is 0 Å². The fourth-order valence-corrected chi connectivity index (χ4v) is 3.65. The summed E-state index contributed by atoms with van der Waals surface area (Å²) in [5.41, 5.74) is -1.58. The third-order valence-corrected chi connectivity index (χ3v) is 5.25. The van der Waals surface area contributed by atoms with Crippen LogP contribution in [-0.4, -0.2) is 33.4 Å². The number of hydrogen-bond acceptors (Lipinski definition) is 6. The van der Waals surface area contributed by atoms with E-state index in [-0.39, 0.29) is 18.0 Å². The molecule has 0 saturated carbocycles. The number of nitrogens with zero attached hydrogens (tertiary/aromatic N) is 2. The minimum Gasteiger partial charge on any atom is -0.463 e. The molecule has 0 aliphatic carbocycles. The lowest BCUT2D eigenvalue weighted by atomic mass is 10.2. The predicted octanol–water partition coefficient (Wildman–Crippen LogP) is 4.74. The number of amides is 2. The topological polar surface area (TPSA) is 98.4 Å². The van der Waals surface area contributed by atoms with Crippen molar-refractivity contribution in [2.75, 3.05) is 0 Å². The van der Waals surface area contributed by atoms with Gasteiger partial charge in [0.25, 0.3) is 0 Å². The third kappa shape index (κ3) is 6.37. The van der Waals surface area contributed by atoms with E-state index in [0.717, 1.165) is 22.1 Å². The van der Waals surface area contributed by atoms with E-state index < -0.39 is 35.5 Å². The van der Waals surface area contributed by atoms with Crippen molar-refractivity contribution in [1.82, 2.24) is 20.4 Å². The lowest BCUT2D eigenvalue weighted by Crippen LogP contribution is -2.46. The minimum absolute atomic E-state index is 0.118. The van der Waals surface area contributed by atoms with E-state index in [9.17, 15) is 22.8 Å². The summed E-state index contributed by atoms with van der Waals surface area (Å²) < 4.78 is 51.2. The number of ether oxygens (including phenoxy) is 1. The monoisotopic (exact) mass is 484 g/mol. The Kier molecular flexibility index (Phi) is 6.86. The molecule has 2 N–H and O–H groups in total. The normalized spacial score (nSPS) is 12.9. The Bertz CT molecular complexity index is 1110. The highest BCUT2D eigenvalue weighted by Gasteiger charge is 2.36. The fraction of sp³-hybridized carbons (Fsp3) is 0.381. The van der Waals surface area contributed by atoms with Gasteiger partial charge in [0.05, 0.1) is 12.8 Å². The van der Waals surface area contributed by atoms with Crippen LogP contribution in [0.1, 0.15) is 38.3 Å². The molecule has 0 saturated heterocycles. The van der Waals surface area contributed by atoms with Gasteiger partial charge >= 0.3 is 12.3 Å². The van der Waals surface area contributed by atoms with Crippen molar-refractivity contribution in [3.05, 3.63) is 47.2 Å². The van der Waals surface area contributed by atoms with Crippen LogP contribution < -0.4 is 10.6 Å². The quantitative estimate of drug-likeness (QED) is 0.527. The molecule has 0 aliphatic rings. The van der Waals surface area contributed by atoms with Crippen LogP contribution in [-0.2, 0) is 22.3 Å². The standard InChI is InChI=1S/C21H23F3N4O4S/c1-12(26-19(30)32-20(2,3)4)18(29)25-11-13-7-8-17(33-13)28-14(15-6-5-9-31-15)10-16(27-28)21(22,23)24/h5-10,12H,11H2,1-4H3,(H,25,29)(H,26,30)/t12-/m1/s1. The van der Waals surface area contributed by atoms with Crippen molar-refractivity contribution in [3.8, 4) is 16.5 Å². The van der Waals surface area contributed by atoms with E-state index in [2.05, 4.69) is 15.7 Å². The first-order valence-corrected chi connectivity index (χ1v) is 10.7. The largest absolute Gasteiger partial charge is 0.463 e. The van der Waals surface area contributed by atoms with E-state index in [1.54, 1.807) is 45.0 Å². The van der Waals surface area contributed by atoms with Crippen molar-refractivity contribution >= 4 is 23.3 Å². The van der Waals surface area contributed by atoms with Crippen LogP contribution in [0.25, 0.3) is 16.5 Å². The molecule has 1 atom stereocenters. The number of carbonyl (C=O) groups is 2. The average molecular weight is 485 g/mol. The van der Waals surface area contributed by atoms with Gasteiger partial charge in [0.15, 0.2) is 11.5 Å². The molecule has 3 aromatic heterocycles. The van der Waals surface area contributed by atoms with Gasteiger partial charge < -0.3 is 19.8 Å². The highest BCUT2D eigenvalue weighted by molar-refractivity contribution is 7.14. The van der Waals surface area contributed by atoms with Crippen LogP contribution in [0.5, 0.6) is 0 Å². The number of alkyl halides is 3. The van der Waals surface area contributed by atoms with Gasteiger partial charge in [0.1, 0.15) is 22.3 Å². The molecular formula is C21H23F3N4O4S. The number of furan rings is 1. The summed E-state index contributed by atoms with van der Waals surface area (Å²) in [4.78, 5) is 24.8. The number of rotatable bonds is 6. The summed E-state index contributed by atoms with van der Waals surface area (Å²) in [5.74, 6) is -0.200. The highest BCUT2D eigenvalue weighted by atomic mass is 32.1. The molecule has 0 aliphatic heterocycles. The van der Waals surface area contributed by atoms with Gasteiger partial charge in [0, 0.05) is 10.9 Å². The molecule has 0 bridgehead atoms. The SMILES string of the molecule is C[C@@H](NC(=O)OC(C)(C)C)C(=O)NCc1ccc(-n2nc(C(F)(F)F)cc2-c2ccco2)s1. The molecule has 3 rings (SSSR count). The van der Waals surface area contributed by atoms with Gasteiger partial charge in [-0.15, -0.1) is 11.3 Å². The maximum atomic E-state index is 13.2. The zero-order valence-electron chi connectivity index (χ0n) is 18.3. The first kappa shape index (κ1) is 24.4. The Balaban J connectivity index is 1.69. The number of nitrogens with one attached hydrogen (secondary N) is 2. The van der Waals surface area contributed by atoms with Crippen molar-refractivity contribution in [2.45, 2.75) is 52.1 Å². The van der Waals surface area contributed by atoms with E-state index in [1.165, 1.54) is 13.2 Å². The van der Waals surface area contributed by atoms with Crippen LogP contribution in [0.15, 0.2) is 41.0 Å². The van der Waals surface area contributed by atoms with Crippen LogP contribution >= 0.6 is 11.3 Å². The highest BCUT2D eigenvalue weighted by Crippen LogP contribution is 2.34. The first-order chi connectivity index (χ1) is 15.3. The number of aromatic nitrogens is 2. The Morgan fingerprint density at radius 1 is 1.24 bits per heavy atom. The molecule has 3 heterocycles. The van der Waals surface area contributed by atoms with Gasteiger partial charge in [-0.2, -0.15) is 18.3 Å². The third-order valence-electron chi connectivity index (χ3n) is 4.19. The van der Waals surface area contributed by atoms with E-state index in [4.69, 9.17) is 9.15 Å². The van der Waals surface area contributed by atoms with Gasteiger partial charge in [-0.05, 0) is 52.0 Å². The molecule has 2 amide bonds. The average Bonchev–Trinajstić information content (AvgIpc) is 3.42. The zero-order chi connectivity index (χ0) is 24.4.